The van der Waals surface area contributed by atoms with Crippen LogP contribution in [-0.4, -0.2) is 11.2 Å². The molecule has 0 aliphatic heterocycles. The Morgan fingerprint density at radius 3 is 2.45 bits per heavy atom. The van der Waals surface area contributed by atoms with E-state index in [0.29, 0.717) is 0 Å². The van der Waals surface area contributed by atoms with Crippen molar-refractivity contribution in [1.82, 2.24) is 0 Å². The summed E-state index contributed by atoms with van der Waals surface area (Å²) in [7, 11) is 0. The van der Waals surface area contributed by atoms with E-state index in [1.54, 1.807) is 0 Å². The van der Waals surface area contributed by atoms with E-state index >= 15 is 0 Å². The van der Waals surface area contributed by atoms with Gasteiger partial charge in [0.1, 0.15) is 0 Å². The molecule has 0 bridgehead atoms. The van der Waals surface area contributed by atoms with Crippen molar-refractivity contribution in [3.05, 3.63) is 12.2 Å². The van der Waals surface area contributed by atoms with Gasteiger partial charge in [-0.2, -0.15) is 0 Å². The van der Waals surface area contributed by atoms with Crippen LogP contribution in [0, 0.1) is 12.0 Å². The van der Waals surface area contributed by atoms with E-state index in [9.17, 15) is 5.11 Å². The minimum Gasteiger partial charge on any atom is -0.514 e. The molecule has 0 amide bonds. The molecule has 0 spiro atoms. The van der Waals surface area contributed by atoms with Gasteiger partial charge in [-0.25, -0.2) is 0 Å². The molecule has 1 fully saturated rings. The third-order valence-corrected chi connectivity index (χ3v) is 2.58. The standard InChI is InChI=1S/C9H15O.Ti/c1-7-5-4-6-8(10)9(7,2)3;/h1,8,10H,4-6H2,2-3H3;/q-1;. The van der Waals surface area contributed by atoms with Gasteiger partial charge >= 0.3 is 0 Å². The molecule has 1 aliphatic carbocycles. The molecule has 1 atom stereocenters. The van der Waals surface area contributed by atoms with Gasteiger partial charge in [-0.15, -0.1) is 0 Å². The van der Waals surface area contributed by atoms with Gasteiger partial charge < -0.3 is 11.7 Å². The molecule has 1 aliphatic rings. The second kappa shape index (κ2) is 3.88. The minimum atomic E-state index is -0.235. The molecule has 1 saturated carbocycles. The summed E-state index contributed by atoms with van der Waals surface area (Å²) in [5.41, 5.74) is 0.796. The molecule has 0 heterocycles. The first-order valence-electron chi connectivity index (χ1n) is 3.85. The van der Waals surface area contributed by atoms with E-state index in [2.05, 4.69) is 0 Å². The molecule has 1 rings (SSSR count). The maximum Gasteiger partial charge on any atom is 0.0601 e. The van der Waals surface area contributed by atoms with Gasteiger partial charge in [-0.1, -0.05) is 20.3 Å². The summed E-state index contributed by atoms with van der Waals surface area (Å²) in [4.78, 5) is 0. The van der Waals surface area contributed by atoms with E-state index in [1.165, 1.54) is 0 Å². The Bertz CT molecular complexity index is 152. The molecular formula is C9H15OTi-. The van der Waals surface area contributed by atoms with Crippen LogP contribution >= 0.6 is 0 Å². The first-order valence-corrected chi connectivity index (χ1v) is 3.85. The van der Waals surface area contributed by atoms with Gasteiger partial charge in [0.25, 0.3) is 0 Å². The van der Waals surface area contributed by atoms with E-state index in [4.69, 9.17) is 6.58 Å². The Balaban J connectivity index is 0.000001000. The van der Waals surface area contributed by atoms with Gasteiger partial charge in [-0.05, 0) is 18.3 Å². The van der Waals surface area contributed by atoms with Crippen molar-refractivity contribution in [3.63, 3.8) is 0 Å². The first kappa shape index (κ1) is 11.4. The van der Waals surface area contributed by atoms with Crippen LogP contribution in [0.25, 0.3) is 0 Å². The largest absolute Gasteiger partial charge is 0.514 e. The third kappa shape index (κ3) is 2.17. The van der Waals surface area contributed by atoms with Crippen molar-refractivity contribution in [1.29, 1.82) is 0 Å². The molecule has 0 aromatic heterocycles. The number of hydrogen-bond acceptors (Lipinski definition) is 1. The van der Waals surface area contributed by atoms with E-state index in [-0.39, 0.29) is 33.2 Å². The zero-order valence-corrected chi connectivity index (χ0v) is 8.78. The van der Waals surface area contributed by atoms with Crippen LogP contribution in [-0.2, 0) is 21.7 Å². The van der Waals surface area contributed by atoms with Crippen molar-refractivity contribution in [3.8, 4) is 0 Å². The summed E-state index contributed by atoms with van der Waals surface area (Å²) in [6, 6.07) is 0. The molecular weight excluding hydrogens is 172 g/mol. The van der Waals surface area contributed by atoms with Crippen LogP contribution in [0.4, 0.5) is 0 Å². The number of aliphatic hydroxyl groups is 1. The third-order valence-electron chi connectivity index (χ3n) is 2.58. The Morgan fingerprint density at radius 2 is 2.09 bits per heavy atom. The molecule has 1 N–H and O–H groups in total. The molecule has 11 heavy (non-hydrogen) atoms. The SMILES string of the molecule is [CH-]=C1CCCC(O)C1(C)C.[Ti]. The molecule has 0 aromatic rings. The number of rotatable bonds is 0. The summed E-state index contributed by atoms with van der Waals surface area (Å²) >= 11 is 0. The Morgan fingerprint density at radius 1 is 1.55 bits per heavy atom. The predicted molar refractivity (Wildman–Crippen MR) is 41.5 cm³/mol. The minimum absolute atomic E-state index is 0. The average Bonchev–Trinajstić information content (AvgIpc) is 1.84. The average molecular weight is 187 g/mol. The van der Waals surface area contributed by atoms with Crippen LogP contribution in [0.15, 0.2) is 5.57 Å². The molecule has 2 heteroatoms. The van der Waals surface area contributed by atoms with Crippen LogP contribution in [0.2, 0.25) is 0 Å². The zero-order chi connectivity index (χ0) is 7.78. The second-order valence-corrected chi connectivity index (χ2v) is 3.65. The fraction of sp³-hybridized carbons (Fsp3) is 0.778. The van der Waals surface area contributed by atoms with Gasteiger partial charge in [0, 0.05) is 21.7 Å². The normalized spacial score (nSPS) is 29.4. The van der Waals surface area contributed by atoms with Crippen LogP contribution in [0.5, 0.6) is 0 Å². The summed E-state index contributed by atoms with van der Waals surface area (Å²) in [6.07, 6.45) is 2.68. The number of hydrogen-bond donors (Lipinski definition) is 1. The molecule has 1 nitrogen and oxygen atoms in total. The molecule has 0 radical (unpaired) electrons. The van der Waals surface area contributed by atoms with Crippen LogP contribution in [0.3, 0.4) is 0 Å². The maximum absolute atomic E-state index is 9.51. The fourth-order valence-electron chi connectivity index (χ4n) is 1.38. The Kier molecular flexibility index (Phi) is 4.03. The van der Waals surface area contributed by atoms with E-state index in [1.807, 2.05) is 13.8 Å². The van der Waals surface area contributed by atoms with Gasteiger partial charge in [0.15, 0.2) is 0 Å². The van der Waals surface area contributed by atoms with Crippen molar-refractivity contribution >= 4 is 0 Å². The summed E-state index contributed by atoms with van der Waals surface area (Å²) in [5, 5.41) is 9.51. The maximum atomic E-state index is 9.51. The topological polar surface area (TPSA) is 20.2 Å². The van der Waals surface area contributed by atoms with E-state index < -0.39 is 0 Å². The molecule has 0 aromatic carbocycles. The zero-order valence-electron chi connectivity index (χ0n) is 7.22. The summed E-state index contributed by atoms with van der Waals surface area (Å²) < 4.78 is 0. The van der Waals surface area contributed by atoms with Gasteiger partial charge in [0.2, 0.25) is 0 Å². The fourth-order valence-corrected chi connectivity index (χ4v) is 1.38. The first-order chi connectivity index (χ1) is 4.55. The van der Waals surface area contributed by atoms with Crippen LogP contribution in [0.1, 0.15) is 33.1 Å². The molecule has 0 saturated heterocycles. The van der Waals surface area contributed by atoms with Crippen molar-refractivity contribution < 1.29 is 26.8 Å². The van der Waals surface area contributed by atoms with Crippen molar-refractivity contribution in [2.24, 2.45) is 5.41 Å². The Hall–Kier alpha value is 0.414. The summed E-state index contributed by atoms with van der Waals surface area (Å²) in [5.74, 6) is 0. The predicted octanol–water partition coefficient (Wildman–Crippen LogP) is 1.91. The summed E-state index contributed by atoms with van der Waals surface area (Å²) in [6.45, 7) is 9.77. The monoisotopic (exact) mass is 187 g/mol. The van der Waals surface area contributed by atoms with Crippen molar-refractivity contribution in [2.45, 2.75) is 39.2 Å². The quantitative estimate of drug-likeness (QED) is 0.453. The molecule has 1 unspecified atom stereocenters. The Labute approximate surface area is 83.8 Å². The van der Waals surface area contributed by atoms with Gasteiger partial charge in [0.05, 0.1) is 6.10 Å². The second-order valence-electron chi connectivity index (χ2n) is 3.65. The smallest absolute Gasteiger partial charge is 0.0601 e. The van der Waals surface area contributed by atoms with Gasteiger partial charge in [-0.3, -0.25) is 5.57 Å². The number of aliphatic hydroxyl groups excluding tert-OH is 1. The van der Waals surface area contributed by atoms with E-state index in [0.717, 1.165) is 24.8 Å². The molecule has 62 valence electrons. The van der Waals surface area contributed by atoms with Crippen molar-refractivity contribution in [2.75, 3.05) is 0 Å². The van der Waals surface area contributed by atoms with Crippen LogP contribution < -0.4 is 0 Å².